The van der Waals surface area contributed by atoms with Gasteiger partial charge in [-0.3, -0.25) is 4.79 Å². The van der Waals surface area contributed by atoms with E-state index in [4.69, 9.17) is 9.47 Å². The van der Waals surface area contributed by atoms with Crippen LogP contribution in [0, 0.1) is 5.92 Å². The maximum atomic E-state index is 12.1. The van der Waals surface area contributed by atoms with Gasteiger partial charge in [-0.05, 0) is 55.6 Å². The van der Waals surface area contributed by atoms with Crippen LogP contribution >= 0.6 is 0 Å². The molecule has 4 heterocycles. The average molecular weight is 300 g/mol. The Morgan fingerprint density at radius 1 is 1.23 bits per heavy atom. The molecule has 1 atom stereocenters. The summed E-state index contributed by atoms with van der Waals surface area (Å²) < 4.78 is 10.6. The van der Waals surface area contributed by atoms with Crippen molar-refractivity contribution in [2.75, 3.05) is 26.4 Å². The molecule has 1 aromatic rings. The van der Waals surface area contributed by atoms with Crippen LogP contribution in [0.1, 0.15) is 18.4 Å². The van der Waals surface area contributed by atoms with Crippen molar-refractivity contribution in [3.63, 3.8) is 0 Å². The zero-order chi connectivity index (χ0) is 14.9. The first-order valence-corrected chi connectivity index (χ1v) is 7.88. The molecule has 0 saturated carbocycles. The first-order chi connectivity index (χ1) is 10.8. The number of ether oxygens (including phenoxy) is 2. The number of carbonyl (C=O) groups excluding carboxylic acids is 1. The number of hydrogen-bond acceptors (Lipinski definition) is 4. The minimum Gasteiger partial charge on any atom is -0.454 e. The lowest BCUT2D eigenvalue weighted by molar-refractivity contribution is -0.118. The summed E-state index contributed by atoms with van der Waals surface area (Å²) in [7, 11) is 0. The van der Waals surface area contributed by atoms with E-state index >= 15 is 0 Å². The van der Waals surface area contributed by atoms with E-state index in [1.165, 1.54) is 25.9 Å². The van der Waals surface area contributed by atoms with Gasteiger partial charge in [0.25, 0.3) is 0 Å². The van der Waals surface area contributed by atoms with Crippen molar-refractivity contribution >= 4 is 12.0 Å². The second-order valence-corrected chi connectivity index (χ2v) is 6.20. The molecule has 0 aliphatic carbocycles. The Morgan fingerprint density at radius 3 is 2.82 bits per heavy atom. The molecular weight excluding hydrogens is 280 g/mol. The van der Waals surface area contributed by atoms with Crippen LogP contribution < -0.4 is 14.8 Å². The molecule has 116 valence electrons. The quantitative estimate of drug-likeness (QED) is 0.862. The molecule has 2 bridgehead atoms. The molecule has 3 fully saturated rings. The third-order valence-electron chi connectivity index (χ3n) is 4.81. The topological polar surface area (TPSA) is 50.8 Å². The number of carbonyl (C=O) groups is 1. The van der Waals surface area contributed by atoms with Gasteiger partial charge in [0.1, 0.15) is 0 Å². The molecule has 1 unspecified atom stereocenters. The van der Waals surface area contributed by atoms with Crippen LogP contribution in [0.5, 0.6) is 11.5 Å². The van der Waals surface area contributed by atoms with Crippen molar-refractivity contribution in [3.8, 4) is 11.5 Å². The normalized spacial score (nSPS) is 29.0. The molecule has 0 aromatic heterocycles. The molecule has 3 saturated heterocycles. The lowest BCUT2D eigenvalue weighted by atomic mass is 9.84. The highest BCUT2D eigenvalue weighted by Gasteiger charge is 2.34. The number of nitrogens with zero attached hydrogens (tertiary/aromatic N) is 1. The Kier molecular flexibility index (Phi) is 3.50. The van der Waals surface area contributed by atoms with Crippen LogP contribution in [-0.2, 0) is 4.79 Å². The molecule has 1 amide bonds. The van der Waals surface area contributed by atoms with Gasteiger partial charge in [0.2, 0.25) is 12.7 Å². The van der Waals surface area contributed by atoms with Gasteiger partial charge < -0.3 is 19.7 Å². The van der Waals surface area contributed by atoms with Crippen molar-refractivity contribution in [3.05, 3.63) is 29.8 Å². The number of piperidine rings is 3. The van der Waals surface area contributed by atoms with E-state index in [0.717, 1.165) is 23.6 Å². The lowest BCUT2D eigenvalue weighted by Gasteiger charge is -2.44. The zero-order valence-corrected chi connectivity index (χ0v) is 12.5. The monoisotopic (exact) mass is 300 g/mol. The Bertz CT molecular complexity index is 606. The molecule has 4 aliphatic heterocycles. The molecule has 22 heavy (non-hydrogen) atoms. The van der Waals surface area contributed by atoms with Crippen molar-refractivity contribution in [1.82, 2.24) is 10.2 Å². The van der Waals surface area contributed by atoms with Crippen molar-refractivity contribution in [1.29, 1.82) is 0 Å². The highest BCUT2D eigenvalue weighted by Crippen LogP contribution is 2.32. The number of rotatable bonds is 3. The third-order valence-corrected chi connectivity index (χ3v) is 4.81. The highest BCUT2D eigenvalue weighted by molar-refractivity contribution is 5.92. The van der Waals surface area contributed by atoms with Crippen molar-refractivity contribution in [2.45, 2.75) is 18.9 Å². The summed E-state index contributed by atoms with van der Waals surface area (Å²) in [6, 6.07) is 5.98. The molecule has 5 nitrogen and oxygen atoms in total. The highest BCUT2D eigenvalue weighted by atomic mass is 16.7. The largest absolute Gasteiger partial charge is 0.454 e. The standard InChI is InChI=1S/C17H20N2O3/c20-17(18-14-10-19-7-5-13(14)6-8-19)4-2-12-1-3-15-16(9-12)22-11-21-15/h1-4,9,13-14H,5-8,10-11H2,(H,18,20)/b4-2+. The fourth-order valence-electron chi connectivity index (χ4n) is 3.55. The molecule has 1 N–H and O–H groups in total. The summed E-state index contributed by atoms with van der Waals surface area (Å²) >= 11 is 0. The zero-order valence-electron chi connectivity index (χ0n) is 12.5. The van der Waals surface area contributed by atoms with E-state index < -0.39 is 0 Å². The van der Waals surface area contributed by atoms with Crippen molar-refractivity contribution < 1.29 is 14.3 Å². The Balaban J connectivity index is 1.37. The van der Waals surface area contributed by atoms with E-state index in [9.17, 15) is 4.79 Å². The van der Waals surface area contributed by atoms with E-state index in [-0.39, 0.29) is 12.7 Å². The molecule has 0 spiro atoms. The van der Waals surface area contributed by atoms with Gasteiger partial charge in [-0.15, -0.1) is 0 Å². The number of nitrogens with one attached hydrogen (secondary N) is 1. The summed E-state index contributed by atoms with van der Waals surface area (Å²) in [6.45, 7) is 3.63. The summed E-state index contributed by atoms with van der Waals surface area (Å²) in [4.78, 5) is 14.6. The summed E-state index contributed by atoms with van der Waals surface area (Å²) in [6.07, 6.45) is 5.83. The lowest BCUT2D eigenvalue weighted by Crippen LogP contribution is -2.57. The molecular formula is C17H20N2O3. The Labute approximate surface area is 129 Å². The molecule has 4 aliphatic rings. The summed E-state index contributed by atoms with van der Waals surface area (Å²) in [5.41, 5.74) is 0.938. The molecule has 0 radical (unpaired) electrons. The summed E-state index contributed by atoms with van der Waals surface area (Å²) in [5, 5.41) is 3.15. The van der Waals surface area contributed by atoms with Crippen LogP contribution in [0.2, 0.25) is 0 Å². The Hall–Kier alpha value is -2.01. The van der Waals surface area contributed by atoms with Gasteiger partial charge >= 0.3 is 0 Å². The number of hydrogen-bond donors (Lipinski definition) is 1. The van der Waals surface area contributed by atoms with Gasteiger partial charge in [-0.25, -0.2) is 0 Å². The van der Waals surface area contributed by atoms with E-state index in [0.29, 0.717) is 12.0 Å². The second-order valence-electron chi connectivity index (χ2n) is 6.20. The van der Waals surface area contributed by atoms with Crippen LogP contribution in [0.15, 0.2) is 24.3 Å². The van der Waals surface area contributed by atoms with E-state index in [2.05, 4.69) is 10.2 Å². The minimum atomic E-state index is -0.0172. The van der Waals surface area contributed by atoms with E-state index in [1.807, 2.05) is 24.3 Å². The fourth-order valence-corrected chi connectivity index (χ4v) is 3.55. The van der Waals surface area contributed by atoms with Crippen molar-refractivity contribution in [2.24, 2.45) is 5.92 Å². The fraction of sp³-hybridized carbons (Fsp3) is 0.471. The molecule has 5 heteroatoms. The predicted octanol–water partition coefficient (Wildman–Crippen LogP) is 1.64. The Morgan fingerprint density at radius 2 is 2.05 bits per heavy atom. The third kappa shape index (κ3) is 2.68. The number of fused-ring (bicyclic) bond motifs is 4. The number of benzene rings is 1. The van der Waals surface area contributed by atoms with Gasteiger partial charge in [-0.1, -0.05) is 6.07 Å². The van der Waals surface area contributed by atoms with Gasteiger partial charge in [0.15, 0.2) is 11.5 Å². The maximum Gasteiger partial charge on any atom is 0.244 e. The minimum absolute atomic E-state index is 0.0172. The summed E-state index contributed by atoms with van der Waals surface area (Å²) in [5.74, 6) is 2.12. The first-order valence-electron chi connectivity index (χ1n) is 7.88. The van der Waals surface area contributed by atoms with Crippen LogP contribution in [0.4, 0.5) is 0 Å². The number of amides is 1. The SMILES string of the molecule is O=C(/C=C/c1ccc2c(c1)OCO2)NC1CN2CCC1CC2. The van der Waals surface area contributed by atoms with Gasteiger partial charge in [0.05, 0.1) is 0 Å². The average Bonchev–Trinajstić information content (AvgIpc) is 3.02. The van der Waals surface area contributed by atoms with Gasteiger partial charge in [0, 0.05) is 18.7 Å². The van der Waals surface area contributed by atoms with Crippen LogP contribution in [-0.4, -0.2) is 43.3 Å². The second kappa shape index (κ2) is 5.65. The van der Waals surface area contributed by atoms with E-state index in [1.54, 1.807) is 6.08 Å². The van der Waals surface area contributed by atoms with Crippen LogP contribution in [0.25, 0.3) is 6.08 Å². The van der Waals surface area contributed by atoms with Crippen LogP contribution in [0.3, 0.4) is 0 Å². The van der Waals surface area contributed by atoms with Gasteiger partial charge in [-0.2, -0.15) is 0 Å². The smallest absolute Gasteiger partial charge is 0.244 e. The first kappa shape index (κ1) is 13.6. The maximum absolute atomic E-state index is 12.1. The molecule has 1 aromatic carbocycles. The predicted molar refractivity (Wildman–Crippen MR) is 82.7 cm³/mol. The molecule has 5 rings (SSSR count).